The molecule has 0 saturated carbocycles. The molecule has 2 heterocycles. The highest BCUT2D eigenvalue weighted by molar-refractivity contribution is 5.96. The van der Waals surface area contributed by atoms with E-state index in [1.807, 2.05) is 37.8 Å². The summed E-state index contributed by atoms with van der Waals surface area (Å²) in [5, 5.41) is 6.86. The van der Waals surface area contributed by atoms with Crippen LogP contribution in [0.25, 0.3) is 32.5 Å². The molecular formula is C28H28F2N6. The van der Waals surface area contributed by atoms with E-state index in [0.29, 0.717) is 0 Å². The molecule has 1 aromatic carbocycles. The van der Waals surface area contributed by atoms with Crippen LogP contribution in [0.15, 0.2) is 29.7 Å². The lowest BCUT2D eigenvalue weighted by molar-refractivity contribution is 0.525. The van der Waals surface area contributed by atoms with Gasteiger partial charge >= 0.3 is 0 Å². The fourth-order valence-corrected chi connectivity index (χ4v) is 2.79. The zero-order valence-electron chi connectivity index (χ0n) is 19.5. The van der Waals surface area contributed by atoms with E-state index in [-0.39, 0.29) is 14.4 Å². The summed E-state index contributed by atoms with van der Waals surface area (Å²) in [6, 6.07) is 4.81. The molecule has 3 aromatic rings. The second-order valence-electron chi connectivity index (χ2n) is 6.27. The molecule has 36 heavy (non-hydrogen) atoms. The largest absolute Gasteiger partial charge is 0.360 e. The summed E-state index contributed by atoms with van der Waals surface area (Å²) in [6.07, 6.45) is 11.6. The number of H-pyrrole nitrogens is 1. The number of halogens is 2. The van der Waals surface area contributed by atoms with Gasteiger partial charge in [-0.2, -0.15) is 5.10 Å². The van der Waals surface area contributed by atoms with Crippen LogP contribution in [0.5, 0.6) is 0 Å². The van der Waals surface area contributed by atoms with Gasteiger partial charge in [-0.05, 0) is 109 Å². The number of rotatable bonds is 1. The van der Waals surface area contributed by atoms with Gasteiger partial charge < -0.3 is 4.98 Å². The molecule has 0 unspecified atom stereocenters. The third-order valence-electron chi connectivity index (χ3n) is 4.16. The predicted molar refractivity (Wildman–Crippen MR) is 149 cm³/mol. The van der Waals surface area contributed by atoms with Crippen LogP contribution in [-0.2, 0) is 7.05 Å². The fourth-order valence-electron chi connectivity index (χ4n) is 2.79. The second-order valence-corrected chi connectivity index (χ2v) is 6.27. The predicted octanol–water partition coefficient (Wildman–Crippen LogP) is 6.25. The number of terminal acetylenes is 2. The Balaban J connectivity index is -0.000000124. The first-order chi connectivity index (χ1) is 17.4. The van der Waals surface area contributed by atoms with Crippen molar-refractivity contribution in [1.29, 1.82) is 0 Å². The number of aryl methyl sites for hydroxylation is 2. The van der Waals surface area contributed by atoms with Crippen molar-refractivity contribution in [3.63, 3.8) is 0 Å². The van der Waals surface area contributed by atoms with Crippen molar-refractivity contribution < 1.29 is 17.4 Å². The highest BCUT2D eigenvalue weighted by Crippen LogP contribution is 2.33. The molecule has 0 atom stereocenters. The number of benzene rings is 1. The lowest BCUT2D eigenvalue weighted by Crippen LogP contribution is -1.92. The Hall–Kier alpha value is -5.94. The van der Waals surface area contributed by atoms with Crippen LogP contribution < -0.4 is 0 Å². The van der Waals surface area contributed by atoms with Gasteiger partial charge in [-0.15, -0.1) is 17.3 Å². The van der Waals surface area contributed by atoms with Crippen LogP contribution in [0.4, 0.5) is 8.87 Å². The minimum absolute atomic E-state index is 0. The van der Waals surface area contributed by atoms with Crippen molar-refractivity contribution in [2.24, 2.45) is 12.4 Å². The summed E-state index contributed by atoms with van der Waals surface area (Å²) in [6.45, 7) is 4.03. The molecule has 8 heteroatoms. The average Bonchev–Trinajstić information content (AvgIpc) is 3.39. The fraction of sp³-hybridized carbons (Fsp3) is 0.107. The third kappa shape index (κ3) is 8.90. The van der Waals surface area contributed by atoms with Crippen molar-refractivity contribution in [2.45, 2.75) is 13.8 Å². The van der Waals surface area contributed by atoms with Crippen molar-refractivity contribution in [3.05, 3.63) is 52.0 Å². The van der Waals surface area contributed by atoms with E-state index in [9.17, 15) is 8.87 Å². The second kappa shape index (κ2) is 15.8. The van der Waals surface area contributed by atoms with Gasteiger partial charge in [0.25, 0.3) is 0 Å². The highest BCUT2D eigenvalue weighted by atomic mass is 19.2. The molecule has 0 saturated heterocycles. The number of aromatic amines is 1. The molecule has 0 fully saturated rings. The van der Waals surface area contributed by atoms with Crippen molar-refractivity contribution >= 4 is 10.9 Å². The van der Waals surface area contributed by atoms with Crippen LogP contribution in [0.2, 0.25) is 0 Å². The number of fused-ring (bicyclic) bond motifs is 1. The molecule has 0 amide bonds. The van der Waals surface area contributed by atoms with Gasteiger partial charge in [-0.3, -0.25) is 4.68 Å². The quantitative estimate of drug-likeness (QED) is 0.187. The standard InChI is InChI=1S/C14H14FN3.C14H2.FN3.6H2/c1-8-14(9(2)18(3)17-8)12-7-16-13-6-10(15)4-5-11(12)13;1-3-5-7-9-11-13-14-12-10-8-6-4-2;1-3-4-2;;;;;;/h4-7,16H,1-3H3;1-2H;;6*1H. The van der Waals surface area contributed by atoms with E-state index in [1.54, 1.807) is 4.91 Å². The SMILES string of the molecule is C#CC#CC#CC#CC#CC#CC#C.Cc1nn(C)c(C)c1-c1c[nH]c2cc(F)ccc12.[HH].[HH].[HH].[HH].[HH].[HH].[N-]=[N+]=NF. The van der Waals surface area contributed by atoms with Crippen LogP contribution in [0, 0.1) is 104 Å². The maximum atomic E-state index is 13.2. The van der Waals surface area contributed by atoms with Gasteiger partial charge in [0.05, 0.1) is 5.69 Å². The van der Waals surface area contributed by atoms with Gasteiger partial charge in [0, 0.05) is 54.4 Å². The minimum atomic E-state index is -0.226. The Morgan fingerprint density at radius 1 is 1.00 bits per heavy atom. The monoisotopic (exact) mass is 486 g/mol. The maximum absolute atomic E-state index is 13.2. The van der Waals surface area contributed by atoms with Crippen molar-refractivity contribution in [1.82, 2.24) is 14.8 Å². The molecule has 0 aliphatic heterocycles. The van der Waals surface area contributed by atoms with Crippen molar-refractivity contribution in [2.75, 3.05) is 0 Å². The van der Waals surface area contributed by atoms with E-state index in [2.05, 4.69) is 81.1 Å². The number of azide groups is 1. The van der Waals surface area contributed by atoms with Crippen LogP contribution in [-0.4, -0.2) is 14.8 Å². The summed E-state index contributed by atoms with van der Waals surface area (Å²) < 4.78 is 25.0. The first-order valence-electron chi connectivity index (χ1n) is 9.75. The summed E-state index contributed by atoms with van der Waals surface area (Å²) >= 11 is 0. The summed E-state index contributed by atoms with van der Waals surface area (Å²) in [7, 11) is 1.93. The first-order valence-corrected chi connectivity index (χ1v) is 9.75. The lowest BCUT2D eigenvalue weighted by atomic mass is 10.0. The number of nitrogens with one attached hydrogen (secondary N) is 1. The summed E-state index contributed by atoms with van der Waals surface area (Å²) in [5.41, 5.74) is 12.1. The smallest absolute Gasteiger partial charge is 0.125 e. The first kappa shape index (κ1) is 28.1. The molecule has 0 bridgehead atoms. The minimum Gasteiger partial charge on any atom is -0.360 e. The molecule has 0 aliphatic carbocycles. The van der Waals surface area contributed by atoms with E-state index in [1.165, 1.54) is 17.5 Å². The van der Waals surface area contributed by atoms with Gasteiger partial charge in [-0.1, -0.05) is 0 Å². The van der Waals surface area contributed by atoms with Crippen LogP contribution >= 0.6 is 0 Å². The molecule has 3 rings (SSSR count). The van der Waals surface area contributed by atoms with Crippen LogP contribution in [0.1, 0.15) is 19.9 Å². The van der Waals surface area contributed by atoms with E-state index >= 15 is 0 Å². The molecule has 6 nitrogen and oxygen atoms in total. The Morgan fingerprint density at radius 2 is 1.50 bits per heavy atom. The Labute approximate surface area is 217 Å². The molecule has 0 aliphatic rings. The molecule has 1 N–H and O–H groups in total. The summed E-state index contributed by atoms with van der Waals surface area (Å²) in [5.74, 6) is 28.1. The van der Waals surface area contributed by atoms with Gasteiger partial charge in [0.2, 0.25) is 0 Å². The van der Waals surface area contributed by atoms with Crippen molar-refractivity contribution in [3.8, 4) is 95.0 Å². The molecule has 184 valence electrons. The lowest BCUT2D eigenvalue weighted by Gasteiger charge is -2.00. The molecule has 2 aromatic heterocycles. The van der Waals surface area contributed by atoms with E-state index in [0.717, 1.165) is 33.4 Å². The molecular weight excluding hydrogens is 458 g/mol. The topological polar surface area (TPSA) is 82.4 Å². The summed E-state index contributed by atoms with van der Waals surface area (Å²) in [4.78, 5) is 4.81. The number of hydrogen-bond acceptors (Lipinski definition) is 2. The Morgan fingerprint density at radius 3 is 1.92 bits per heavy atom. The van der Waals surface area contributed by atoms with Crippen LogP contribution in [0.3, 0.4) is 0 Å². The highest BCUT2D eigenvalue weighted by Gasteiger charge is 2.15. The number of aromatic nitrogens is 3. The molecule has 0 radical (unpaired) electrons. The Bertz CT molecular complexity index is 1670. The van der Waals surface area contributed by atoms with Gasteiger partial charge in [-0.25, -0.2) is 4.39 Å². The Kier molecular flexibility index (Phi) is 12.3. The maximum Gasteiger partial charge on any atom is 0.125 e. The number of hydrogen-bond donors (Lipinski definition) is 1. The molecule has 0 spiro atoms. The third-order valence-corrected chi connectivity index (χ3v) is 4.16. The van der Waals surface area contributed by atoms with Gasteiger partial charge in [0.1, 0.15) is 11.2 Å². The van der Waals surface area contributed by atoms with E-state index in [4.69, 9.17) is 18.4 Å². The average molecular weight is 487 g/mol. The zero-order chi connectivity index (χ0) is 26.8. The zero-order valence-corrected chi connectivity index (χ0v) is 19.5. The van der Waals surface area contributed by atoms with E-state index < -0.39 is 0 Å². The van der Waals surface area contributed by atoms with Gasteiger partial charge in [0.15, 0.2) is 0 Å². The normalized spacial score (nSPS) is 7.53. The number of nitrogens with zero attached hydrogens (tertiary/aromatic N) is 5.